The van der Waals surface area contributed by atoms with E-state index in [-0.39, 0.29) is 6.10 Å². The van der Waals surface area contributed by atoms with Crippen molar-refractivity contribution >= 4 is 17.6 Å². The number of amides is 1. The van der Waals surface area contributed by atoms with E-state index in [1.54, 1.807) is 36.4 Å². The molecule has 0 aromatic heterocycles. The van der Waals surface area contributed by atoms with Gasteiger partial charge in [0.15, 0.2) is 6.10 Å². The van der Waals surface area contributed by atoms with Crippen molar-refractivity contribution in [1.82, 2.24) is 0 Å². The summed E-state index contributed by atoms with van der Waals surface area (Å²) in [6.45, 7) is 7.27. The Bertz CT molecular complexity index is 799. The maximum atomic E-state index is 12.4. The third kappa shape index (κ3) is 5.74. The van der Waals surface area contributed by atoms with Gasteiger partial charge in [-0.15, -0.1) is 0 Å². The molecule has 0 bridgehead atoms. The highest BCUT2D eigenvalue weighted by Gasteiger charge is 2.20. The molecule has 2 aromatic rings. The van der Waals surface area contributed by atoms with Crippen molar-refractivity contribution in [2.45, 2.75) is 39.9 Å². The van der Waals surface area contributed by atoms with Gasteiger partial charge in [0.2, 0.25) is 0 Å². The molecule has 1 amide bonds. The van der Waals surface area contributed by atoms with Crippen LogP contribution in [0.25, 0.3) is 0 Å². The van der Waals surface area contributed by atoms with E-state index < -0.39 is 18.0 Å². The summed E-state index contributed by atoms with van der Waals surface area (Å²) in [5.41, 5.74) is 1.85. The zero-order valence-electron chi connectivity index (χ0n) is 16.2. The predicted octanol–water partition coefficient (Wildman–Crippen LogP) is 3.97. The van der Waals surface area contributed by atoms with E-state index in [2.05, 4.69) is 5.32 Å². The quantitative estimate of drug-likeness (QED) is 0.746. The first-order chi connectivity index (χ1) is 12.8. The highest BCUT2D eigenvalue weighted by Crippen LogP contribution is 2.25. The molecule has 0 aliphatic rings. The second-order valence-electron chi connectivity index (χ2n) is 6.43. The van der Waals surface area contributed by atoms with Crippen LogP contribution in [0.2, 0.25) is 0 Å². The van der Waals surface area contributed by atoms with E-state index in [1.165, 1.54) is 14.0 Å². The number of benzene rings is 2. The van der Waals surface area contributed by atoms with Crippen LogP contribution in [0.3, 0.4) is 0 Å². The fraction of sp³-hybridized carbons (Fsp3) is 0.333. The largest absolute Gasteiger partial charge is 0.495 e. The van der Waals surface area contributed by atoms with Crippen LogP contribution in [-0.2, 0) is 9.53 Å². The monoisotopic (exact) mass is 371 g/mol. The molecular weight excluding hydrogens is 346 g/mol. The highest BCUT2D eigenvalue weighted by molar-refractivity contribution is 5.98. The first kappa shape index (κ1) is 20.3. The number of ether oxygens (including phenoxy) is 3. The van der Waals surface area contributed by atoms with Gasteiger partial charge in [0.1, 0.15) is 11.5 Å². The van der Waals surface area contributed by atoms with Crippen LogP contribution < -0.4 is 14.8 Å². The molecule has 144 valence electrons. The topological polar surface area (TPSA) is 73.9 Å². The zero-order valence-corrected chi connectivity index (χ0v) is 16.2. The second-order valence-corrected chi connectivity index (χ2v) is 6.43. The van der Waals surface area contributed by atoms with Crippen molar-refractivity contribution in [2.24, 2.45) is 0 Å². The minimum Gasteiger partial charge on any atom is -0.495 e. The van der Waals surface area contributed by atoms with Gasteiger partial charge in [-0.05, 0) is 69.7 Å². The summed E-state index contributed by atoms with van der Waals surface area (Å²) in [5.74, 6) is 0.184. The van der Waals surface area contributed by atoms with E-state index in [9.17, 15) is 9.59 Å². The van der Waals surface area contributed by atoms with E-state index in [4.69, 9.17) is 14.2 Å². The zero-order chi connectivity index (χ0) is 20.0. The lowest BCUT2D eigenvalue weighted by atomic mass is 10.2. The fourth-order valence-corrected chi connectivity index (χ4v) is 2.38. The van der Waals surface area contributed by atoms with E-state index >= 15 is 0 Å². The number of aryl methyl sites for hydroxylation is 1. The van der Waals surface area contributed by atoms with Crippen molar-refractivity contribution in [3.63, 3.8) is 0 Å². The molecule has 0 unspecified atom stereocenters. The number of nitrogens with one attached hydrogen (secondary N) is 1. The smallest absolute Gasteiger partial charge is 0.338 e. The summed E-state index contributed by atoms with van der Waals surface area (Å²) in [6.07, 6.45) is -0.917. The number of rotatable bonds is 7. The molecule has 6 heteroatoms. The Morgan fingerprint density at radius 1 is 1.00 bits per heavy atom. The number of esters is 1. The predicted molar refractivity (Wildman–Crippen MR) is 103 cm³/mol. The van der Waals surface area contributed by atoms with Gasteiger partial charge in [-0.3, -0.25) is 4.79 Å². The summed E-state index contributed by atoms with van der Waals surface area (Å²) in [6, 6.07) is 12.0. The Kier molecular flexibility index (Phi) is 6.82. The molecule has 0 radical (unpaired) electrons. The lowest BCUT2D eigenvalue weighted by molar-refractivity contribution is -0.123. The molecule has 1 N–H and O–H groups in total. The molecule has 27 heavy (non-hydrogen) atoms. The number of anilines is 1. The van der Waals surface area contributed by atoms with Crippen LogP contribution in [0.1, 0.15) is 36.7 Å². The molecule has 2 aromatic carbocycles. The Morgan fingerprint density at radius 2 is 1.67 bits per heavy atom. The molecule has 2 rings (SSSR count). The van der Waals surface area contributed by atoms with Gasteiger partial charge in [0.05, 0.1) is 24.5 Å². The van der Waals surface area contributed by atoms with Crippen molar-refractivity contribution < 1.29 is 23.8 Å². The van der Waals surface area contributed by atoms with E-state index in [0.29, 0.717) is 22.7 Å². The average Bonchev–Trinajstić information content (AvgIpc) is 2.61. The van der Waals surface area contributed by atoms with Gasteiger partial charge < -0.3 is 19.5 Å². The number of hydrogen-bond acceptors (Lipinski definition) is 5. The average molecular weight is 371 g/mol. The molecule has 0 saturated heterocycles. The van der Waals surface area contributed by atoms with E-state index in [0.717, 1.165) is 5.56 Å². The molecule has 0 aliphatic heterocycles. The van der Waals surface area contributed by atoms with Crippen LogP contribution in [0.4, 0.5) is 5.69 Å². The van der Waals surface area contributed by atoms with Crippen molar-refractivity contribution in [3.05, 3.63) is 53.6 Å². The number of methoxy groups -OCH3 is 1. The molecule has 0 spiro atoms. The van der Waals surface area contributed by atoms with Gasteiger partial charge in [0.25, 0.3) is 5.91 Å². The SMILES string of the molecule is COc1ccc(C)cc1NC(=O)[C@@H](C)OC(=O)c1ccc(OC(C)C)cc1. The number of hydrogen-bond donors (Lipinski definition) is 1. The van der Waals surface area contributed by atoms with Crippen molar-refractivity contribution in [3.8, 4) is 11.5 Å². The molecule has 1 atom stereocenters. The van der Waals surface area contributed by atoms with E-state index in [1.807, 2.05) is 26.8 Å². The molecule has 0 aliphatic carbocycles. The summed E-state index contributed by atoms with van der Waals surface area (Å²) < 4.78 is 16.0. The third-order valence-electron chi connectivity index (χ3n) is 3.73. The Morgan fingerprint density at radius 3 is 2.26 bits per heavy atom. The van der Waals surface area contributed by atoms with Gasteiger partial charge >= 0.3 is 5.97 Å². The first-order valence-electron chi connectivity index (χ1n) is 8.73. The molecule has 0 saturated carbocycles. The van der Waals surface area contributed by atoms with Gasteiger partial charge in [-0.1, -0.05) is 6.07 Å². The summed E-state index contributed by atoms with van der Waals surface area (Å²) in [4.78, 5) is 24.6. The van der Waals surface area contributed by atoms with Crippen LogP contribution >= 0.6 is 0 Å². The summed E-state index contributed by atoms with van der Waals surface area (Å²) >= 11 is 0. The van der Waals surface area contributed by atoms with Crippen LogP contribution in [0, 0.1) is 6.92 Å². The highest BCUT2D eigenvalue weighted by atomic mass is 16.5. The van der Waals surface area contributed by atoms with Gasteiger partial charge in [-0.25, -0.2) is 4.79 Å². The first-order valence-corrected chi connectivity index (χ1v) is 8.73. The van der Waals surface area contributed by atoms with Gasteiger partial charge in [-0.2, -0.15) is 0 Å². The maximum Gasteiger partial charge on any atom is 0.338 e. The normalized spacial score (nSPS) is 11.6. The second kappa shape index (κ2) is 9.07. The van der Waals surface area contributed by atoms with Crippen molar-refractivity contribution in [2.75, 3.05) is 12.4 Å². The summed E-state index contributed by atoms with van der Waals surface area (Å²) in [7, 11) is 1.52. The molecule has 0 fully saturated rings. The molecule has 0 heterocycles. The minimum atomic E-state index is -0.964. The van der Waals surface area contributed by atoms with Crippen LogP contribution in [0.15, 0.2) is 42.5 Å². The Balaban J connectivity index is 1.99. The molecule has 6 nitrogen and oxygen atoms in total. The minimum absolute atomic E-state index is 0.0464. The number of carbonyl (C=O) groups is 2. The standard InChI is InChI=1S/C21H25NO5/c1-13(2)26-17-9-7-16(8-10-17)21(24)27-15(4)20(23)22-18-12-14(3)6-11-19(18)25-5/h6-13,15H,1-5H3,(H,22,23)/t15-/m1/s1. The number of carbonyl (C=O) groups excluding carboxylic acids is 2. The Hall–Kier alpha value is -3.02. The third-order valence-corrected chi connectivity index (χ3v) is 3.73. The van der Waals surface area contributed by atoms with Crippen LogP contribution in [0.5, 0.6) is 11.5 Å². The lowest BCUT2D eigenvalue weighted by Gasteiger charge is -2.16. The maximum absolute atomic E-state index is 12.4. The lowest BCUT2D eigenvalue weighted by Crippen LogP contribution is -2.30. The summed E-state index contributed by atoms with van der Waals surface area (Å²) in [5, 5.41) is 2.73. The Labute approximate surface area is 159 Å². The fourth-order valence-electron chi connectivity index (χ4n) is 2.38. The molecular formula is C21H25NO5. The van der Waals surface area contributed by atoms with Crippen molar-refractivity contribution in [1.29, 1.82) is 0 Å². The van der Waals surface area contributed by atoms with Crippen LogP contribution in [-0.4, -0.2) is 31.2 Å². The van der Waals surface area contributed by atoms with Gasteiger partial charge in [0, 0.05) is 0 Å².